The van der Waals surface area contributed by atoms with E-state index in [0.29, 0.717) is 20.2 Å². The van der Waals surface area contributed by atoms with E-state index in [1.807, 2.05) is 42.5 Å². The van der Waals surface area contributed by atoms with Gasteiger partial charge in [-0.3, -0.25) is 5.41 Å². The maximum absolute atomic E-state index is 8.26. The Bertz CT molecular complexity index is 948. The van der Waals surface area contributed by atoms with Gasteiger partial charge in [0, 0.05) is 16.1 Å². The number of hydrogen-bond donors (Lipinski definition) is 3. The number of rotatable bonds is 1. The molecule has 0 saturated carbocycles. The van der Waals surface area contributed by atoms with E-state index < -0.39 is 0 Å². The smallest absolute Gasteiger partial charge is 0.143 e. The van der Waals surface area contributed by atoms with Crippen molar-refractivity contribution >= 4 is 68.6 Å². The summed E-state index contributed by atoms with van der Waals surface area (Å²) in [7, 11) is 0. The molecule has 7 heteroatoms. The molecule has 0 aliphatic carbocycles. The molecule has 24 heavy (non-hydrogen) atoms. The van der Waals surface area contributed by atoms with Crippen LogP contribution in [0.3, 0.4) is 0 Å². The van der Waals surface area contributed by atoms with Crippen LogP contribution in [0.5, 0.6) is 0 Å². The summed E-state index contributed by atoms with van der Waals surface area (Å²) in [6.45, 7) is 0. The number of benzene rings is 2. The second-order valence-corrected chi connectivity index (χ2v) is 7.81. The molecule has 2 aliphatic heterocycles. The molecular weight excluding hydrogens is 378 g/mol. The first-order valence-corrected chi connectivity index (χ1v) is 9.08. The van der Waals surface area contributed by atoms with Crippen LogP contribution in [0, 0.1) is 5.41 Å². The van der Waals surface area contributed by atoms with Gasteiger partial charge in [-0.1, -0.05) is 78.1 Å². The zero-order valence-corrected chi connectivity index (χ0v) is 15.3. The van der Waals surface area contributed by atoms with E-state index in [1.165, 1.54) is 11.8 Å². The Hall–Kier alpha value is -1.73. The Morgan fingerprint density at radius 3 is 2.33 bits per heavy atom. The second-order valence-electron chi connectivity index (χ2n) is 5.28. The van der Waals surface area contributed by atoms with E-state index in [9.17, 15) is 0 Å². The molecule has 0 aromatic heterocycles. The Morgan fingerprint density at radius 1 is 0.958 bits per heavy atom. The molecule has 4 rings (SSSR count). The normalized spacial score (nSPS) is 19.3. The van der Waals surface area contributed by atoms with E-state index in [1.54, 1.807) is 0 Å². The Labute approximate surface area is 159 Å². The third kappa shape index (κ3) is 2.56. The summed E-state index contributed by atoms with van der Waals surface area (Å²) in [6, 6.07) is 13.6. The molecule has 3 nitrogen and oxygen atoms in total. The van der Waals surface area contributed by atoms with Crippen LogP contribution in [-0.2, 0) is 0 Å². The van der Waals surface area contributed by atoms with Crippen molar-refractivity contribution in [1.29, 1.82) is 5.41 Å². The van der Waals surface area contributed by atoms with Crippen LogP contribution in [0.1, 0.15) is 11.1 Å². The number of halogens is 1. The largest absolute Gasteiger partial charge is 0.339 e. The summed E-state index contributed by atoms with van der Waals surface area (Å²) in [4.78, 5) is 1.46. The first kappa shape index (κ1) is 15.8. The Morgan fingerprint density at radius 2 is 1.67 bits per heavy atom. The van der Waals surface area contributed by atoms with E-state index in [-0.39, 0.29) is 0 Å². The minimum absolute atomic E-state index is 0.365. The van der Waals surface area contributed by atoms with Gasteiger partial charge in [-0.2, -0.15) is 0 Å². The highest BCUT2D eigenvalue weighted by Crippen LogP contribution is 2.40. The fraction of sp³-hybridized carbons (Fsp3) is 0. The molecular formula is C17H10ClN3S3. The lowest BCUT2D eigenvalue weighted by Gasteiger charge is -2.11. The molecule has 118 valence electrons. The first-order valence-electron chi connectivity index (χ1n) is 7.07. The van der Waals surface area contributed by atoms with Crippen molar-refractivity contribution in [2.24, 2.45) is 0 Å². The maximum atomic E-state index is 8.26. The topological polar surface area (TPSA) is 47.9 Å². The molecule has 2 aromatic rings. The lowest BCUT2D eigenvalue weighted by Crippen LogP contribution is -2.18. The van der Waals surface area contributed by atoms with Crippen LogP contribution in [0.25, 0.3) is 16.8 Å². The number of thioether (sulfide) groups is 1. The van der Waals surface area contributed by atoms with Crippen molar-refractivity contribution < 1.29 is 0 Å². The van der Waals surface area contributed by atoms with E-state index >= 15 is 0 Å². The fourth-order valence-corrected chi connectivity index (χ4v) is 4.48. The van der Waals surface area contributed by atoms with Crippen LogP contribution in [0.2, 0.25) is 5.02 Å². The van der Waals surface area contributed by atoms with Crippen LogP contribution in [-0.4, -0.2) is 15.1 Å². The van der Waals surface area contributed by atoms with Gasteiger partial charge in [0.15, 0.2) is 0 Å². The molecule has 1 fully saturated rings. The summed E-state index contributed by atoms with van der Waals surface area (Å²) < 4.78 is 0.633. The third-order valence-corrected chi connectivity index (χ3v) is 5.77. The SMILES string of the molecule is N=C1NC(=C2SC(=S)NC2=S)c2c1cccc2-c1ccc(Cl)cc1. The van der Waals surface area contributed by atoms with Crippen molar-refractivity contribution in [3.05, 3.63) is 63.5 Å². The van der Waals surface area contributed by atoms with Gasteiger partial charge in [-0.15, -0.1) is 0 Å². The minimum Gasteiger partial charge on any atom is -0.339 e. The van der Waals surface area contributed by atoms with E-state index in [0.717, 1.165) is 32.9 Å². The number of fused-ring (bicyclic) bond motifs is 1. The number of amidine groups is 1. The average molecular weight is 388 g/mol. The highest BCUT2D eigenvalue weighted by Gasteiger charge is 2.31. The van der Waals surface area contributed by atoms with Gasteiger partial charge < -0.3 is 10.6 Å². The summed E-state index contributed by atoms with van der Waals surface area (Å²) in [5.41, 5.74) is 4.73. The maximum Gasteiger partial charge on any atom is 0.143 e. The minimum atomic E-state index is 0.365. The lowest BCUT2D eigenvalue weighted by atomic mass is 9.95. The number of hydrogen-bond acceptors (Lipinski definition) is 4. The number of nitrogens with one attached hydrogen (secondary N) is 3. The standard InChI is InChI=1S/C17H10ClN3S3/c18-9-6-4-8(5-7-9)10-2-1-3-11-12(10)13(20-15(11)19)14-16(22)21-17(23)24-14/h1-7H,(H2,19,20)(H,21,22,23). The van der Waals surface area contributed by atoms with Crippen molar-refractivity contribution in [2.45, 2.75) is 0 Å². The van der Waals surface area contributed by atoms with Crippen molar-refractivity contribution in [1.82, 2.24) is 10.6 Å². The van der Waals surface area contributed by atoms with Gasteiger partial charge in [0.05, 0.1) is 10.6 Å². The van der Waals surface area contributed by atoms with Gasteiger partial charge in [0.2, 0.25) is 0 Å². The highest BCUT2D eigenvalue weighted by molar-refractivity contribution is 8.27. The molecule has 0 atom stereocenters. The van der Waals surface area contributed by atoms with Crippen LogP contribution in [0.4, 0.5) is 0 Å². The highest BCUT2D eigenvalue weighted by atomic mass is 35.5. The number of thiocarbonyl (C=S) groups is 2. The molecule has 3 N–H and O–H groups in total. The molecule has 0 bridgehead atoms. The Kier molecular flexibility index (Phi) is 3.92. The molecule has 1 saturated heterocycles. The van der Waals surface area contributed by atoms with Crippen LogP contribution < -0.4 is 10.6 Å². The molecule has 2 heterocycles. The summed E-state index contributed by atoms with van der Waals surface area (Å²) >= 11 is 18.0. The van der Waals surface area contributed by atoms with E-state index in [4.69, 9.17) is 41.4 Å². The van der Waals surface area contributed by atoms with Crippen LogP contribution in [0.15, 0.2) is 47.4 Å². The second kappa shape index (κ2) is 5.97. The van der Waals surface area contributed by atoms with Crippen LogP contribution >= 0.6 is 47.8 Å². The zero-order valence-electron chi connectivity index (χ0n) is 12.1. The third-order valence-electron chi connectivity index (χ3n) is 3.83. The summed E-state index contributed by atoms with van der Waals surface area (Å²) in [5.74, 6) is 0.365. The van der Waals surface area contributed by atoms with Crippen molar-refractivity contribution in [3.8, 4) is 11.1 Å². The monoisotopic (exact) mass is 387 g/mol. The zero-order chi connectivity index (χ0) is 16.8. The summed E-state index contributed by atoms with van der Waals surface area (Å²) in [5, 5.41) is 15.1. The van der Waals surface area contributed by atoms with Gasteiger partial charge in [0.1, 0.15) is 15.1 Å². The van der Waals surface area contributed by atoms with Gasteiger partial charge in [-0.05, 0) is 23.3 Å². The molecule has 2 aliphatic rings. The molecule has 0 unspecified atom stereocenters. The molecule has 0 amide bonds. The van der Waals surface area contributed by atoms with Crippen molar-refractivity contribution in [3.63, 3.8) is 0 Å². The predicted molar refractivity (Wildman–Crippen MR) is 110 cm³/mol. The van der Waals surface area contributed by atoms with Crippen molar-refractivity contribution in [2.75, 3.05) is 0 Å². The summed E-state index contributed by atoms with van der Waals surface area (Å²) in [6.07, 6.45) is 0. The van der Waals surface area contributed by atoms with Gasteiger partial charge in [-0.25, -0.2) is 0 Å². The first-order chi connectivity index (χ1) is 11.5. The van der Waals surface area contributed by atoms with Gasteiger partial charge in [0.25, 0.3) is 0 Å². The van der Waals surface area contributed by atoms with Gasteiger partial charge >= 0.3 is 0 Å². The average Bonchev–Trinajstić information content (AvgIpc) is 3.07. The lowest BCUT2D eigenvalue weighted by molar-refractivity contribution is 1.30. The molecule has 2 aromatic carbocycles. The van der Waals surface area contributed by atoms with E-state index in [2.05, 4.69) is 10.6 Å². The fourth-order valence-electron chi connectivity index (χ4n) is 2.80. The molecule has 0 spiro atoms. The molecule has 0 radical (unpaired) electrons. The predicted octanol–water partition coefficient (Wildman–Crippen LogP) is 4.55. The quantitative estimate of drug-likeness (QED) is 0.495. The Balaban J connectivity index is 1.97.